The van der Waals surface area contributed by atoms with E-state index in [2.05, 4.69) is 80.8 Å². The quantitative estimate of drug-likeness (QED) is 0.773. The topological polar surface area (TPSA) is 24.1 Å². The molecule has 0 heterocycles. The van der Waals surface area contributed by atoms with Crippen LogP contribution in [-0.2, 0) is 0 Å². The molecule has 2 aromatic rings. The number of aryl methyl sites for hydroxylation is 3. The van der Waals surface area contributed by atoms with E-state index in [-0.39, 0.29) is 6.04 Å². The van der Waals surface area contributed by atoms with Crippen molar-refractivity contribution in [1.82, 2.24) is 5.32 Å². The largest absolute Gasteiger partial charge is 0.356 e. The zero-order chi connectivity index (χ0) is 16.1. The summed E-state index contributed by atoms with van der Waals surface area (Å²) in [6.07, 6.45) is 0.984. The maximum absolute atomic E-state index is 5.47. The second-order valence-corrected chi connectivity index (χ2v) is 6.25. The minimum Gasteiger partial charge on any atom is -0.356 e. The molecule has 2 aromatic carbocycles. The van der Waals surface area contributed by atoms with Crippen molar-refractivity contribution in [2.45, 2.75) is 40.2 Å². The molecule has 0 unspecified atom stereocenters. The normalized spacial score (nSPS) is 11.8. The van der Waals surface area contributed by atoms with Crippen molar-refractivity contribution < 1.29 is 0 Å². The Morgan fingerprint density at radius 3 is 2.09 bits per heavy atom. The van der Waals surface area contributed by atoms with Gasteiger partial charge in [-0.2, -0.15) is 0 Å². The first-order valence-electron chi connectivity index (χ1n) is 7.70. The molecule has 0 saturated carbocycles. The highest BCUT2D eigenvalue weighted by atomic mass is 32.1. The Bertz CT molecular complexity index is 627. The zero-order valence-electron chi connectivity index (χ0n) is 13.7. The van der Waals surface area contributed by atoms with E-state index in [0.29, 0.717) is 5.11 Å². The predicted molar refractivity (Wildman–Crippen MR) is 99.5 cm³/mol. The van der Waals surface area contributed by atoms with Gasteiger partial charge in [-0.25, -0.2) is 0 Å². The average Bonchev–Trinajstić information content (AvgIpc) is 2.44. The van der Waals surface area contributed by atoms with Crippen LogP contribution in [0, 0.1) is 20.8 Å². The Balaban J connectivity index is 2.04. The van der Waals surface area contributed by atoms with Crippen LogP contribution in [0.2, 0.25) is 0 Å². The summed E-state index contributed by atoms with van der Waals surface area (Å²) < 4.78 is 0. The van der Waals surface area contributed by atoms with Crippen LogP contribution >= 0.6 is 12.2 Å². The number of hydrogen-bond donors (Lipinski definition) is 2. The molecule has 2 nitrogen and oxygen atoms in total. The fourth-order valence-corrected chi connectivity index (χ4v) is 2.85. The fraction of sp³-hybridized carbons (Fsp3) is 0.316. The van der Waals surface area contributed by atoms with Crippen LogP contribution in [0.25, 0.3) is 0 Å². The number of hydrogen-bond acceptors (Lipinski definition) is 1. The van der Waals surface area contributed by atoms with Crippen LogP contribution in [0.4, 0.5) is 5.69 Å². The first-order chi connectivity index (χ1) is 10.5. The summed E-state index contributed by atoms with van der Waals surface area (Å²) in [6, 6.07) is 15.2. The van der Waals surface area contributed by atoms with Gasteiger partial charge < -0.3 is 10.6 Å². The van der Waals surface area contributed by atoms with E-state index in [1.165, 1.54) is 22.3 Å². The van der Waals surface area contributed by atoms with Crippen LogP contribution < -0.4 is 10.6 Å². The van der Waals surface area contributed by atoms with Crippen molar-refractivity contribution in [1.29, 1.82) is 0 Å². The molecule has 0 bridgehead atoms. The molecule has 0 aliphatic heterocycles. The van der Waals surface area contributed by atoms with E-state index in [4.69, 9.17) is 12.2 Å². The van der Waals surface area contributed by atoms with Gasteiger partial charge in [0.15, 0.2) is 5.11 Å². The molecular formula is C19H24N2S. The average molecular weight is 312 g/mol. The molecule has 0 saturated heterocycles. The van der Waals surface area contributed by atoms with Gasteiger partial charge in [-0.3, -0.25) is 0 Å². The molecule has 2 rings (SSSR count). The van der Waals surface area contributed by atoms with Crippen molar-refractivity contribution in [3.8, 4) is 0 Å². The van der Waals surface area contributed by atoms with Gasteiger partial charge in [0.1, 0.15) is 0 Å². The van der Waals surface area contributed by atoms with E-state index in [1.54, 1.807) is 0 Å². The lowest BCUT2D eigenvalue weighted by molar-refractivity contribution is 0.629. The van der Waals surface area contributed by atoms with E-state index in [0.717, 1.165) is 12.1 Å². The Morgan fingerprint density at radius 1 is 0.955 bits per heavy atom. The van der Waals surface area contributed by atoms with Gasteiger partial charge in [-0.05, 0) is 68.2 Å². The van der Waals surface area contributed by atoms with Crippen molar-refractivity contribution >= 4 is 23.0 Å². The molecule has 2 N–H and O–H groups in total. The molecule has 1 atom stereocenters. The Labute approximate surface area is 139 Å². The Kier molecular flexibility index (Phi) is 5.56. The molecule has 0 spiro atoms. The monoisotopic (exact) mass is 312 g/mol. The van der Waals surface area contributed by atoms with Crippen LogP contribution in [0.1, 0.15) is 41.6 Å². The molecule has 0 amide bonds. The SMILES string of the molecule is CC[C@H](NC(=S)Nc1cc(C)cc(C)c1)c1ccc(C)cc1. The Morgan fingerprint density at radius 2 is 1.55 bits per heavy atom. The van der Waals surface area contributed by atoms with Crippen molar-refractivity contribution in [2.24, 2.45) is 0 Å². The van der Waals surface area contributed by atoms with Crippen molar-refractivity contribution in [3.05, 3.63) is 64.7 Å². The lowest BCUT2D eigenvalue weighted by Crippen LogP contribution is -2.32. The third-order valence-corrected chi connectivity index (χ3v) is 3.89. The fourth-order valence-electron chi connectivity index (χ4n) is 2.59. The summed E-state index contributed by atoms with van der Waals surface area (Å²) in [5.74, 6) is 0. The van der Waals surface area contributed by atoms with Crippen LogP contribution in [-0.4, -0.2) is 5.11 Å². The van der Waals surface area contributed by atoms with Gasteiger partial charge in [-0.15, -0.1) is 0 Å². The molecular weight excluding hydrogens is 288 g/mol. The lowest BCUT2D eigenvalue weighted by atomic mass is 10.0. The number of thiocarbonyl (C=S) groups is 1. The third kappa shape index (κ3) is 4.57. The third-order valence-electron chi connectivity index (χ3n) is 3.67. The van der Waals surface area contributed by atoms with E-state index in [1.807, 2.05) is 0 Å². The van der Waals surface area contributed by atoms with Gasteiger partial charge in [0.05, 0.1) is 6.04 Å². The van der Waals surface area contributed by atoms with Gasteiger partial charge in [0.2, 0.25) is 0 Å². The molecule has 0 aromatic heterocycles. The number of benzene rings is 2. The highest BCUT2D eigenvalue weighted by Gasteiger charge is 2.10. The minimum absolute atomic E-state index is 0.228. The summed E-state index contributed by atoms with van der Waals surface area (Å²) in [4.78, 5) is 0. The second kappa shape index (κ2) is 7.41. The highest BCUT2D eigenvalue weighted by Crippen LogP contribution is 2.18. The summed E-state index contributed by atoms with van der Waals surface area (Å²) in [5.41, 5.74) is 6.03. The number of anilines is 1. The highest BCUT2D eigenvalue weighted by molar-refractivity contribution is 7.80. The molecule has 116 valence electrons. The molecule has 0 aliphatic carbocycles. The maximum atomic E-state index is 5.47. The summed E-state index contributed by atoms with van der Waals surface area (Å²) in [5, 5.41) is 7.36. The van der Waals surface area contributed by atoms with Crippen LogP contribution in [0.3, 0.4) is 0 Å². The van der Waals surface area contributed by atoms with Gasteiger partial charge >= 0.3 is 0 Å². The summed E-state index contributed by atoms with van der Waals surface area (Å²) in [7, 11) is 0. The first-order valence-corrected chi connectivity index (χ1v) is 8.11. The first kappa shape index (κ1) is 16.5. The van der Waals surface area contributed by atoms with E-state index >= 15 is 0 Å². The standard InChI is InChI=1S/C19H24N2S/c1-5-18(16-8-6-13(2)7-9-16)21-19(22)20-17-11-14(3)10-15(4)12-17/h6-12,18H,5H2,1-4H3,(H2,20,21,22)/t18-/m0/s1. The van der Waals surface area contributed by atoms with Crippen LogP contribution in [0.15, 0.2) is 42.5 Å². The lowest BCUT2D eigenvalue weighted by Gasteiger charge is -2.20. The number of rotatable bonds is 4. The molecule has 22 heavy (non-hydrogen) atoms. The zero-order valence-corrected chi connectivity index (χ0v) is 14.6. The molecule has 0 radical (unpaired) electrons. The molecule has 3 heteroatoms. The van der Waals surface area contributed by atoms with Crippen LogP contribution in [0.5, 0.6) is 0 Å². The summed E-state index contributed by atoms with van der Waals surface area (Å²) in [6.45, 7) is 8.45. The second-order valence-electron chi connectivity index (χ2n) is 5.85. The number of nitrogens with one attached hydrogen (secondary N) is 2. The van der Waals surface area contributed by atoms with Gasteiger partial charge in [-0.1, -0.05) is 42.8 Å². The molecule has 0 aliphatic rings. The van der Waals surface area contributed by atoms with Gasteiger partial charge in [0.25, 0.3) is 0 Å². The van der Waals surface area contributed by atoms with Crippen molar-refractivity contribution in [2.75, 3.05) is 5.32 Å². The smallest absolute Gasteiger partial charge is 0.171 e. The Hall–Kier alpha value is -1.87. The summed E-state index contributed by atoms with van der Waals surface area (Å²) >= 11 is 5.47. The van der Waals surface area contributed by atoms with Gasteiger partial charge in [0, 0.05) is 5.69 Å². The van der Waals surface area contributed by atoms with E-state index in [9.17, 15) is 0 Å². The maximum Gasteiger partial charge on any atom is 0.171 e. The van der Waals surface area contributed by atoms with E-state index < -0.39 is 0 Å². The molecule has 0 fully saturated rings. The predicted octanol–water partition coefficient (Wildman–Crippen LogP) is 5.05. The van der Waals surface area contributed by atoms with Crippen molar-refractivity contribution in [3.63, 3.8) is 0 Å². The minimum atomic E-state index is 0.228.